The molecule has 4 nitrogen and oxygen atoms in total. The van der Waals surface area contributed by atoms with E-state index in [0.717, 1.165) is 16.0 Å². The minimum Gasteiger partial charge on any atom is -0.496 e. The molecule has 0 N–H and O–H groups in total. The van der Waals surface area contributed by atoms with Crippen LogP contribution in [0.3, 0.4) is 0 Å². The van der Waals surface area contributed by atoms with Crippen molar-refractivity contribution in [3.8, 4) is 28.7 Å². The second-order valence-electron chi connectivity index (χ2n) is 4.17. The highest BCUT2D eigenvalue weighted by Gasteiger charge is 2.11. The third-order valence-corrected chi connectivity index (χ3v) is 3.22. The Balaban J connectivity index is 1.96. The lowest BCUT2D eigenvalue weighted by Gasteiger charge is -2.03. The summed E-state index contributed by atoms with van der Waals surface area (Å²) in [4.78, 5) is 0.726. The molecule has 0 radical (unpaired) electrons. The molecule has 0 spiro atoms. The Bertz CT molecular complexity index is 726. The van der Waals surface area contributed by atoms with Crippen LogP contribution in [-0.4, -0.2) is 17.3 Å². The standard InChI is InChI=1S/C15H12N2O2S/c1-18-12-8-7-11(9-13(12)20)15-17-16-14(19-15)10-5-3-2-4-6-10/h2-9,20H,1H3. The van der Waals surface area contributed by atoms with Crippen LogP contribution in [0.1, 0.15) is 0 Å². The van der Waals surface area contributed by atoms with Crippen LogP contribution in [0.15, 0.2) is 57.8 Å². The van der Waals surface area contributed by atoms with Crippen LogP contribution >= 0.6 is 12.6 Å². The molecule has 20 heavy (non-hydrogen) atoms. The van der Waals surface area contributed by atoms with Crippen LogP contribution in [0.5, 0.6) is 5.75 Å². The SMILES string of the molecule is COc1ccc(-c2nnc(-c3ccccc3)o2)cc1S. The molecule has 0 aliphatic heterocycles. The van der Waals surface area contributed by atoms with Crippen molar-refractivity contribution in [2.45, 2.75) is 4.90 Å². The maximum Gasteiger partial charge on any atom is 0.248 e. The van der Waals surface area contributed by atoms with Crippen LogP contribution in [0, 0.1) is 0 Å². The monoisotopic (exact) mass is 284 g/mol. The molecule has 0 unspecified atom stereocenters. The van der Waals surface area contributed by atoms with Gasteiger partial charge in [-0.2, -0.15) is 0 Å². The highest BCUT2D eigenvalue weighted by atomic mass is 32.1. The van der Waals surface area contributed by atoms with Crippen LogP contribution in [0.2, 0.25) is 0 Å². The van der Waals surface area contributed by atoms with E-state index < -0.39 is 0 Å². The van der Waals surface area contributed by atoms with Crippen LogP contribution in [0.4, 0.5) is 0 Å². The van der Waals surface area contributed by atoms with E-state index in [1.54, 1.807) is 7.11 Å². The maximum absolute atomic E-state index is 5.69. The molecule has 1 heterocycles. The molecule has 0 bridgehead atoms. The van der Waals surface area contributed by atoms with E-state index in [-0.39, 0.29) is 0 Å². The molecule has 100 valence electrons. The Kier molecular flexibility index (Phi) is 3.43. The lowest BCUT2D eigenvalue weighted by Crippen LogP contribution is -1.85. The van der Waals surface area contributed by atoms with Gasteiger partial charge in [0, 0.05) is 16.0 Å². The summed E-state index contributed by atoms with van der Waals surface area (Å²) in [6, 6.07) is 15.2. The molecule has 3 rings (SSSR count). The van der Waals surface area contributed by atoms with Crippen molar-refractivity contribution in [1.29, 1.82) is 0 Å². The molecular weight excluding hydrogens is 272 g/mol. The van der Waals surface area contributed by atoms with Gasteiger partial charge in [-0.3, -0.25) is 0 Å². The first kappa shape index (κ1) is 12.7. The van der Waals surface area contributed by atoms with Gasteiger partial charge in [0.2, 0.25) is 11.8 Å². The normalized spacial score (nSPS) is 10.5. The lowest BCUT2D eigenvalue weighted by atomic mass is 10.2. The average Bonchev–Trinajstić information content (AvgIpc) is 2.98. The minimum atomic E-state index is 0.460. The second-order valence-corrected chi connectivity index (χ2v) is 4.65. The summed E-state index contributed by atoms with van der Waals surface area (Å²) in [5, 5.41) is 8.13. The van der Waals surface area contributed by atoms with E-state index in [9.17, 15) is 0 Å². The largest absolute Gasteiger partial charge is 0.496 e. The molecule has 0 aliphatic rings. The summed E-state index contributed by atoms with van der Waals surface area (Å²) in [6.07, 6.45) is 0. The zero-order chi connectivity index (χ0) is 13.9. The highest BCUT2D eigenvalue weighted by molar-refractivity contribution is 7.80. The van der Waals surface area contributed by atoms with Crippen molar-refractivity contribution in [2.24, 2.45) is 0 Å². The van der Waals surface area contributed by atoms with Crippen LogP contribution < -0.4 is 4.74 Å². The average molecular weight is 284 g/mol. The molecule has 5 heteroatoms. The Hall–Kier alpha value is -2.27. The quantitative estimate of drug-likeness (QED) is 0.745. The number of benzene rings is 2. The van der Waals surface area contributed by atoms with Gasteiger partial charge in [0.25, 0.3) is 0 Å². The van der Waals surface area contributed by atoms with Gasteiger partial charge in [-0.1, -0.05) is 18.2 Å². The molecule has 0 atom stereocenters. The number of aromatic nitrogens is 2. The fourth-order valence-corrected chi connectivity index (χ4v) is 2.17. The van der Waals surface area contributed by atoms with Crippen molar-refractivity contribution < 1.29 is 9.15 Å². The first-order valence-corrected chi connectivity index (χ1v) is 6.49. The fourth-order valence-electron chi connectivity index (χ4n) is 1.86. The summed E-state index contributed by atoms with van der Waals surface area (Å²) in [5.41, 5.74) is 1.70. The fraction of sp³-hybridized carbons (Fsp3) is 0.0667. The molecule has 3 aromatic rings. The zero-order valence-electron chi connectivity index (χ0n) is 10.8. The van der Waals surface area contributed by atoms with Crippen molar-refractivity contribution in [3.05, 3.63) is 48.5 Å². The van der Waals surface area contributed by atoms with Crippen molar-refractivity contribution >= 4 is 12.6 Å². The Morgan fingerprint density at radius 3 is 2.30 bits per heavy atom. The summed E-state index contributed by atoms with van der Waals surface area (Å²) < 4.78 is 10.9. The lowest BCUT2D eigenvalue weighted by molar-refractivity contribution is 0.405. The van der Waals surface area contributed by atoms with E-state index in [0.29, 0.717) is 17.5 Å². The van der Waals surface area contributed by atoms with E-state index >= 15 is 0 Å². The van der Waals surface area contributed by atoms with Crippen molar-refractivity contribution in [1.82, 2.24) is 10.2 Å². The highest BCUT2D eigenvalue weighted by Crippen LogP contribution is 2.29. The number of hydrogen-bond acceptors (Lipinski definition) is 5. The summed E-state index contributed by atoms with van der Waals surface area (Å²) in [6.45, 7) is 0. The van der Waals surface area contributed by atoms with Crippen molar-refractivity contribution in [2.75, 3.05) is 7.11 Å². The first-order valence-electron chi connectivity index (χ1n) is 6.04. The summed E-state index contributed by atoms with van der Waals surface area (Å²) >= 11 is 4.36. The van der Waals surface area contributed by atoms with Gasteiger partial charge in [-0.25, -0.2) is 0 Å². The number of hydrogen-bond donors (Lipinski definition) is 1. The number of thiol groups is 1. The van der Waals surface area contributed by atoms with E-state index in [1.165, 1.54) is 0 Å². The molecule has 0 fully saturated rings. The summed E-state index contributed by atoms with van der Waals surface area (Å²) in [5.74, 6) is 1.67. The predicted octanol–water partition coefficient (Wildman–Crippen LogP) is 3.70. The molecular formula is C15H12N2O2S. The number of methoxy groups -OCH3 is 1. The van der Waals surface area contributed by atoms with Gasteiger partial charge >= 0.3 is 0 Å². The van der Waals surface area contributed by atoms with E-state index in [2.05, 4.69) is 22.8 Å². The minimum absolute atomic E-state index is 0.460. The Morgan fingerprint density at radius 2 is 1.65 bits per heavy atom. The first-order chi connectivity index (χ1) is 9.78. The molecule has 0 aliphatic carbocycles. The summed E-state index contributed by atoms with van der Waals surface area (Å²) in [7, 11) is 1.61. The van der Waals surface area contributed by atoms with E-state index in [1.807, 2.05) is 48.5 Å². The van der Waals surface area contributed by atoms with Gasteiger partial charge in [0.05, 0.1) is 7.11 Å². The van der Waals surface area contributed by atoms with Gasteiger partial charge in [0.15, 0.2) is 0 Å². The molecule has 1 aromatic heterocycles. The van der Waals surface area contributed by atoms with Crippen molar-refractivity contribution in [3.63, 3.8) is 0 Å². The number of ether oxygens (including phenoxy) is 1. The topological polar surface area (TPSA) is 48.2 Å². The number of nitrogens with zero attached hydrogens (tertiary/aromatic N) is 2. The molecule has 0 saturated heterocycles. The Labute approximate surface area is 121 Å². The third-order valence-electron chi connectivity index (χ3n) is 2.87. The van der Waals surface area contributed by atoms with Crippen LogP contribution in [-0.2, 0) is 0 Å². The zero-order valence-corrected chi connectivity index (χ0v) is 11.7. The Morgan fingerprint density at radius 1 is 0.950 bits per heavy atom. The smallest absolute Gasteiger partial charge is 0.248 e. The van der Waals surface area contributed by atoms with Gasteiger partial charge in [-0.05, 0) is 30.3 Å². The van der Waals surface area contributed by atoms with Crippen LogP contribution in [0.25, 0.3) is 22.9 Å². The third kappa shape index (κ3) is 2.40. The van der Waals surface area contributed by atoms with Gasteiger partial charge < -0.3 is 9.15 Å². The second kappa shape index (κ2) is 5.38. The van der Waals surface area contributed by atoms with Gasteiger partial charge in [0.1, 0.15) is 5.75 Å². The molecule has 2 aromatic carbocycles. The predicted molar refractivity (Wildman–Crippen MR) is 79.0 cm³/mol. The number of rotatable bonds is 3. The molecule has 0 amide bonds. The molecule has 0 saturated carbocycles. The maximum atomic E-state index is 5.69. The van der Waals surface area contributed by atoms with E-state index in [4.69, 9.17) is 9.15 Å². The van der Waals surface area contributed by atoms with Gasteiger partial charge in [-0.15, -0.1) is 22.8 Å².